The topological polar surface area (TPSA) is 67.2 Å². The molecule has 2 heterocycles. The van der Waals surface area contributed by atoms with E-state index in [4.69, 9.17) is 0 Å². The van der Waals surface area contributed by atoms with Crippen molar-refractivity contribution in [2.75, 3.05) is 6.54 Å². The average molecular weight is 278 g/mol. The molecule has 20 heavy (non-hydrogen) atoms. The number of amides is 2. The van der Waals surface area contributed by atoms with E-state index in [-0.39, 0.29) is 23.9 Å². The molecule has 0 aromatic carbocycles. The Labute approximate surface area is 119 Å². The number of carbonyl (C=O) groups excluding carboxylic acids is 2. The molecule has 1 aromatic rings. The molecule has 0 spiro atoms. The zero-order valence-electron chi connectivity index (χ0n) is 12.1. The number of carbonyl (C=O) groups is 2. The highest BCUT2D eigenvalue weighted by atomic mass is 16.2. The first-order chi connectivity index (χ1) is 9.67. The van der Waals surface area contributed by atoms with Crippen LogP contribution in [0.2, 0.25) is 0 Å². The Morgan fingerprint density at radius 1 is 1.30 bits per heavy atom. The number of aromatic nitrogens is 2. The smallest absolute Gasteiger partial charge is 0.245 e. The molecule has 1 aliphatic rings. The van der Waals surface area contributed by atoms with E-state index in [1.165, 1.54) is 0 Å². The van der Waals surface area contributed by atoms with E-state index < -0.39 is 0 Å². The number of hydrogen-bond acceptors (Lipinski definition) is 3. The van der Waals surface area contributed by atoms with Gasteiger partial charge >= 0.3 is 0 Å². The fourth-order valence-electron chi connectivity index (χ4n) is 2.57. The van der Waals surface area contributed by atoms with Crippen molar-refractivity contribution in [1.29, 1.82) is 0 Å². The molecule has 1 aliphatic heterocycles. The van der Waals surface area contributed by atoms with Gasteiger partial charge in [-0.1, -0.05) is 20.3 Å². The number of rotatable bonds is 6. The van der Waals surface area contributed by atoms with Crippen LogP contribution in [-0.4, -0.2) is 45.1 Å². The molecule has 6 heteroatoms. The summed E-state index contributed by atoms with van der Waals surface area (Å²) in [5.74, 6) is -0.00327. The third kappa shape index (κ3) is 3.00. The van der Waals surface area contributed by atoms with Crippen molar-refractivity contribution in [2.24, 2.45) is 0 Å². The first-order valence-corrected chi connectivity index (χ1v) is 7.25. The van der Waals surface area contributed by atoms with Crippen LogP contribution < -0.4 is 5.32 Å². The lowest BCUT2D eigenvalue weighted by Gasteiger charge is -2.38. The minimum Gasteiger partial charge on any atom is -0.343 e. The van der Waals surface area contributed by atoms with Crippen molar-refractivity contribution < 1.29 is 9.59 Å². The second kappa shape index (κ2) is 6.54. The van der Waals surface area contributed by atoms with E-state index in [0.717, 1.165) is 6.42 Å². The van der Waals surface area contributed by atoms with Gasteiger partial charge in [0.1, 0.15) is 12.1 Å². The molecule has 2 rings (SSSR count). The lowest BCUT2D eigenvalue weighted by molar-refractivity contribution is -0.149. The van der Waals surface area contributed by atoms with Gasteiger partial charge in [0.05, 0.1) is 6.54 Å². The van der Waals surface area contributed by atoms with Gasteiger partial charge < -0.3 is 10.2 Å². The van der Waals surface area contributed by atoms with Crippen LogP contribution in [0.1, 0.15) is 33.1 Å². The first-order valence-electron chi connectivity index (χ1n) is 7.25. The molecule has 0 saturated carbocycles. The highest BCUT2D eigenvalue weighted by Crippen LogP contribution is 2.16. The van der Waals surface area contributed by atoms with Crippen LogP contribution in [0.3, 0.4) is 0 Å². The summed E-state index contributed by atoms with van der Waals surface area (Å²) in [5.41, 5.74) is 0. The quantitative estimate of drug-likeness (QED) is 0.836. The molecular weight excluding hydrogens is 256 g/mol. The number of hydrogen-bond donors (Lipinski definition) is 1. The van der Waals surface area contributed by atoms with Gasteiger partial charge in [0.2, 0.25) is 11.8 Å². The van der Waals surface area contributed by atoms with Crippen molar-refractivity contribution >= 4 is 11.8 Å². The second-order valence-corrected chi connectivity index (χ2v) is 5.07. The third-order valence-corrected chi connectivity index (χ3v) is 3.68. The van der Waals surface area contributed by atoms with Gasteiger partial charge in [0, 0.05) is 18.9 Å². The van der Waals surface area contributed by atoms with Crippen molar-refractivity contribution in [3.8, 4) is 0 Å². The Morgan fingerprint density at radius 2 is 2.10 bits per heavy atom. The summed E-state index contributed by atoms with van der Waals surface area (Å²) >= 11 is 0. The molecule has 110 valence electrons. The second-order valence-electron chi connectivity index (χ2n) is 5.07. The zero-order chi connectivity index (χ0) is 14.5. The Hall–Kier alpha value is -1.85. The Kier molecular flexibility index (Phi) is 4.76. The van der Waals surface area contributed by atoms with E-state index in [2.05, 4.69) is 10.4 Å². The summed E-state index contributed by atoms with van der Waals surface area (Å²) in [6, 6.07) is 1.13. The van der Waals surface area contributed by atoms with Gasteiger partial charge in [0.15, 0.2) is 0 Å². The van der Waals surface area contributed by atoms with Crippen LogP contribution in [0, 0.1) is 0 Å². The standard InChI is InChI=1S/C14H22N4O2/c1-3-6-12-13(19)16-11(4-2)14(20)18(12)10-9-17-8-5-7-15-17/h5,7-8,11-12H,3-4,6,9-10H2,1-2H3,(H,16,19). The minimum atomic E-state index is -0.381. The van der Waals surface area contributed by atoms with Crippen molar-refractivity contribution in [1.82, 2.24) is 20.0 Å². The van der Waals surface area contributed by atoms with Crippen molar-refractivity contribution in [2.45, 2.75) is 51.7 Å². The number of piperazine rings is 1. The Morgan fingerprint density at radius 3 is 2.70 bits per heavy atom. The van der Waals surface area contributed by atoms with Crippen LogP contribution in [0.5, 0.6) is 0 Å². The van der Waals surface area contributed by atoms with Crippen LogP contribution in [0.25, 0.3) is 0 Å². The predicted molar refractivity (Wildman–Crippen MR) is 74.9 cm³/mol. The molecule has 0 radical (unpaired) electrons. The van der Waals surface area contributed by atoms with E-state index in [1.54, 1.807) is 15.8 Å². The van der Waals surface area contributed by atoms with Crippen molar-refractivity contribution in [3.63, 3.8) is 0 Å². The maximum absolute atomic E-state index is 12.4. The van der Waals surface area contributed by atoms with Gasteiger partial charge in [-0.2, -0.15) is 5.10 Å². The normalized spacial score (nSPS) is 23.0. The average Bonchev–Trinajstić information content (AvgIpc) is 2.95. The largest absolute Gasteiger partial charge is 0.343 e. The van der Waals surface area contributed by atoms with Gasteiger partial charge in [-0.05, 0) is 18.9 Å². The highest BCUT2D eigenvalue weighted by molar-refractivity contribution is 5.96. The Bertz CT molecular complexity index is 458. The summed E-state index contributed by atoms with van der Waals surface area (Å²) in [5, 5.41) is 6.95. The van der Waals surface area contributed by atoms with Gasteiger partial charge in [-0.15, -0.1) is 0 Å². The fourth-order valence-corrected chi connectivity index (χ4v) is 2.57. The van der Waals surface area contributed by atoms with E-state index in [1.807, 2.05) is 26.1 Å². The summed E-state index contributed by atoms with van der Waals surface area (Å²) in [4.78, 5) is 26.3. The maximum atomic E-state index is 12.4. The number of nitrogens with zero attached hydrogens (tertiary/aromatic N) is 3. The fraction of sp³-hybridized carbons (Fsp3) is 0.643. The highest BCUT2D eigenvalue weighted by Gasteiger charge is 2.38. The minimum absolute atomic E-state index is 0.0257. The first kappa shape index (κ1) is 14.6. The molecule has 2 unspecified atom stereocenters. The van der Waals surface area contributed by atoms with E-state index >= 15 is 0 Å². The monoisotopic (exact) mass is 278 g/mol. The van der Waals surface area contributed by atoms with Crippen LogP contribution in [0.4, 0.5) is 0 Å². The summed E-state index contributed by atoms with van der Waals surface area (Å²) in [6.07, 6.45) is 5.78. The molecule has 6 nitrogen and oxygen atoms in total. The number of nitrogens with one attached hydrogen (secondary N) is 1. The molecule has 1 aromatic heterocycles. The summed E-state index contributed by atoms with van der Waals surface area (Å²) < 4.78 is 1.78. The van der Waals surface area contributed by atoms with Gasteiger partial charge in [0.25, 0.3) is 0 Å². The molecule has 2 amide bonds. The molecule has 0 bridgehead atoms. The van der Waals surface area contributed by atoms with Crippen LogP contribution >= 0.6 is 0 Å². The SMILES string of the molecule is CCCC1C(=O)NC(CC)C(=O)N1CCn1cccn1. The Balaban J connectivity index is 2.09. The maximum Gasteiger partial charge on any atom is 0.245 e. The summed E-state index contributed by atoms with van der Waals surface area (Å²) in [6.45, 7) is 5.07. The van der Waals surface area contributed by atoms with Crippen LogP contribution in [-0.2, 0) is 16.1 Å². The van der Waals surface area contributed by atoms with Crippen LogP contribution in [0.15, 0.2) is 18.5 Å². The van der Waals surface area contributed by atoms with Gasteiger partial charge in [-0.3, -0.25) is 14.3 Å². The van der Waals surface area contributed by atoms with Crippen molar-refractivity contribution in [3.05, 3.63) is 18.5 Å². The molecule has 1 fully saturated rings. The molecule has 0 aliphatic carbocycles. The van der Waals surface area contributed by atoms with E-state index in [0.29, 0.717) is 25.9 Å². The summed E-state index contributed by atoms with van der Waals surface area (Å²) in [7, 11) is 0. The third-order valence-electron chi connectivity index (χ3n) is 3.68. The molecule has 1 saturated heterocycles. The zero-order valence-corrected chi connectivity index (χ0v) is 12.1. The lowest BCUT2D eigenvalue weighted by atomic mass is 10.0. The predicted octanol–water partition coefficient (Wildman–Crippen LogP) is 0.789. The molecular formula is C14H22N4O2. The molecule has 1 N–H and O–H groups in total. The van der Waals surface area contributed by atoms with E-state index in [9.17, 15) is 9.59 Å². The van der Waals surface area contributed by atoms with Gasteiger partial charge in [-0.25, -0.2) is 0 Å². The lowest BCUT2D eigenvalue weighted by Crippen LogP contribution is -2.63. The molecule has 2 atom stereocenters.